The number of thiophene rings is 1. The molecule has 0 bridgehead atoms. The van der Waals surface area contributed by atoms with Crippen molar-refractivity contribution in [3.05, 3.63) is 39.4 Å². The van der Waals surface area contributed by atoms with Gasteiger partial charge in [-0.05, 0) is 50.1 Å². The summed E-state index contributed by atoms with van der Waals surface area (Å²) < 4.78 is 3.67. The van der Waals surface area contributed by atoms with E-state index in [1.807, 2.05) is 13.0 Å². The molecule has 1 N–H and O–H groups in total. The van der Waals surface area contributed by atoms with E-state index in [4.69, 9.17) is 0 Å². The van der Waals surface area contributed by atoms with Crippen LogP contribution in [0.15, 0.2) is 22.7 Å². The van der Waals surface area contributed by atoms with Gasteiger partial charge >= 0.3 is 0 Å². The molecule has 0 spiro atoms. The zero-order valence-electron chi connectivity index (χ0n) is 10.5. The Morgan fingerprint density at radius 1 is 1.00 bits per heavy atom. The first-order valence-electron chi connectivity index (χ1n) is 5.81. The van der Waals surface area contributed by atoms with Gasteiger partial charge in [0.15, 0.2) is 0 Å². The van der Waals surface area contributed by atoms with E-state index in [-0.39, 0.29) is 0 Å². The number of phenols is 1. The predicted octanol–water partition coefficient (Wildman–Crippen LogP) is 5.45. The van der Waals surface area contributed by atoms with E-state index in [0.717, 1.165) is 5.56 Å². The van der Waals surface area contributed by atoms with Crippen LogP contribution in [0.1, 0.15) is 16.7 Å². The third kappa shape index (κ3) is 1.50. The minimum absolute atomic E-state index is 0.377. The summed E-state index contributed by atoms with van der Waals surface area (Å²) in [6.07, 6.45) is 0. The number of aromatic hydroxyl groups is 1. The summed E-state index contributed by atoms with van der Waals surface area (Å²) in [5.74, 6) is 0.377. The van der Waals surface area contributed by atoms with Gasteiger partial charge in [0.1, 0.15) is 5.75 Å². The van der Waals surface area contributed by atoms with Crippen LogP contribution in [0.3, 0.4) is 0 Å². The van der Waals surface area contributed by atoms with Crippen LogP contribution in [0.4, 0.5) is 0 Å². The van der Waals surface area contributed by atoms with Crippen LogP contribution >= 0.6 is 27.3 Å². The minimum atomic E-state index is 0.377. The van der Waals surface area contributed by atoms with Gasteiger partial charge in [-0.1, -0.05) is 15.9 Å². The van der Waals surface area contributed by atoms with Crippen LogP contribution in [0, 0.1) is 20.8 Å². The predicted molar refractivity (Wildman–Crippen MR) is 82.9 cm³/mol. The molecule has 0 fully saturated rings. The average Bonchev–Trinajstić information content (AvgIpc) is 2.71. The normalized spacial score (nSPS) is 11.6. The lowest BCUT2D eigenvalue weighted by molar-refractivity contribution is 0.472. The van der Waals surface area contributed by atoms with Crippen LogP contribution in [-0.4, -0.2) is 5.11 Å². The van der Waals surface area contributed by atoms with Crippen LogP contribution in [0.25, 0.3) is 20.2 Å². The monoisotopic (exact) mass is 320 g/mol. The van der Waals surface area contributed by atoms with Gasteiger partial charge in [0.2, 0.25) is 0 Å². The second-order valence-electron chi connectivity index (χ2n) is 4.70. The van der Waals surface area contributed by atoms with Crippen molar-refractivity contribution in [2.45, 2.75) is 20.8 Å². The third-order valence-corrected chi connectivity index (χ3v) is 6.17. The lowest BCUT2D eigenvalue weighted by atomic mass is 10.0. The fourth-order valence-electron chi connectivity index (χ4n) is 2.40. The number of halogens is 1. The highest BCUT2D eigenvalue weighted by Crippen LogP contribution is 2.42. The van der Waals surface area contributed by atoms with E-state index in [1.165, 1.54) is 35.8 Å². The van der Waals surface area contributed by atoms with E-state index in [9.17, 15) is 5.11 Å². The summed E-state index contributed by atoms with van der Waals surface area (Å²) in [6.45, 7) is 6.24. The van der Waals surface area contributed by atoms with Crippen molar-refractivity contribution < 1.29 is 5.11 Å². The molecule has 0 atom stereocenters. The summed E-state index contributed by atoms with van der Waals surface area (Å²) in [7, 11) is 0. The minimum Gasteiger partial charge on any atom is -0.508 e. The highest BCUT2D eigenvalue weighted by Gasteiger charge is 2.13. The molecule has 1 aromatic heterocycles. The second kappa shape index (κ2) is 3.97. The maximum atomic E-state index is 9.82. The van der Waals surface area contributed by atoms with E-state index in [1.54, 1.807) is 17.4 Å². The Kier molecular flexibility index (Phi) is 2.65. The lowest BCUT2D eigenvalue weighted by Gasteiger charge is -2.04. The van der Waals surface area contributed by atoms with E-state index < -0.39 is 0 Å². The second-order valence-corrected chi connectivity index (χ2v) is 6.51. The molecule has 0 amide bonds. The molecule has 0 aliphatic carbocycles. The summed E-state index contributed by atoms with van der Waals surface area (Å²) in [4.78, 5) is 0. The highest BCUT2D eigenvalue weighted by molar-refractivity contribution is 9.10. The first kappa shape index (κ1) is 12.0. The summed E-state index contributed by atoms with van der Waals surface area (Å²) in [6, 6.07) is 6.03. The van der Waals surface area contributed by atoms with Crippen LogP contribution in [-0.2, 0) is 0 Å². The molecule has 0 aliphatic rings. The smallest absolute Gasteiger partial charge is 0.119 e. The van der Waals surface area contributed by atoms with Gasteiger partial charge in [-0.15, -0.1) is 11.3 Å². The largest absolute Gasteiger partial charge is 0.508 e. The standard InChI is InChI=1S/C15H13BrOS/c1-7-6-11-10-4-5-12(17)8(2)14(10)18-15(11)9(3)13(7)16/h4-6,17H,1-3H3. The Bertz CT molecular complexity index is 786. The fourth-order valence-corrected chi connectivity index (χ4v) is 4.13. The maximum absolute atomic E-state index is 9.82. The molecule has 0 aliphatic heterocycles. The molecule has 3 heteroatoms. The lowest BCUT2D eigenvalue weighted by Crippen LogP contribution is -1.81. The number of hydrogen-bond acceptors (Lipinski definition) is 2. The van der Waals surface area contributed by atoms with Crippen molar-refractivity contribution in [1.82, 2.24) is 0 Å². The molecule has 1 nitrogen and oxygen atoms in total. The zero-order valence-corrected chi connectivity index (χ0v) is 12.9. The van der Waals surface area contributed by atoms with E-state index in [0.29, 0.717) is 5.75 Å². The SMILES string of the molecule is Cc1cc2c(sc3c(C)c(O)ccc32)c(C)c1Br. The first-order chi connectivity index (χ1) is 8.50. The molecule has 2 aromatic carbocycles. The van der Waals surface area contributed by atoms with E-state index >= 15 is 0 Å². The number of phenolic OH excluding ortho intramolecular Hbond substituents is 1. The van der Waals surface area contributed by atoms with Gasteiger partial charge < -0.3 is 5.11 Å². The van der Waals surface area contributed by atoms with Gasteiger partial charge in [-0.25, -0.2) is 0 Å². The topological polar surface area (TPSA) is 20.2 Å². The maximum Gasteiger partial charge on any atom is 0.119 e. The van der Waals surface area contributed by atoms with Crippen LogP contribution < -0.4 is 0 Å². The summed E-state index contributed by atoms with van der Waals surface area (Å²) in [5.41, 5.74) is 3.51. The molecule has 0 saturated carbocycles. The summed E-state index contributed by atoms with van der Waals surface area (Å²) >= 11 is 5.41. The number of hydrogen-bond donors (Lipinski definition) is 1. The van der Waals surface area contributed by atoms with Gasteiger partial charge in [-0.3, -0.25) is 0 Å². The molecule has 0 saturated heterocycles. The van der Waals surface area contributed by atoms with Crippen LogP contribution in [0.2, 0.25) is 0 Å². The fraction of sp³-hybridized carbons (Fsp3) is 0.200. The molecule has 3 aromatic rings. The molecule has 0 radical (unpaired) electrons. The van der Waals surface area contributed by atoms with Crippen molar-refractivity contribution in [2.75, 3.05) is 0 Å². The summed E-state index contributed by atoms with van der Waals surface area (Å²) in [5, 5.41) is 12.3. The number of benzene rings is 2. The number of fused-ring (bicyclic) bond motifs is 3. The zero-order chi connectivity index (χ0) is 13.0. The Balaban J connectivity index is 2.59. The van der Waals surface area contributed by atoms with Crippen molar-refractivity contribution in [1.29, 1.82) is 0 Å². The molecule has 0 unspecified atom stereocenters. The van der Waals surface area contributed by atoms with Gasteiger partial charge in [0, 0.05) is 30.2 Å². The quantitative estimate of drug-likeness (QED) is 0.584. The Labute approximate surface area is 118 Å². The third-order valence-electron chi connectivity index (χ3n) is 3.49. The van der Waals surface area contributed by atoms with Crippen LogP contribution in [0.5, 0.6) is 5.75 Å². The molecule has 1 heterocycles. The highest BCUT2D eigenvalue weighted by atomic mass is 79.9. The van der Waals surface area contributed by atoms with Crippen molar-refractivity contribution in [3.8, 4) is 5.75 Å². The average molecular weight is 321 g/mol. The molecule has 3 rings (SSSR count). The van der Waals surface area contributed by atoms with Crippen molar-refractivity contribution in [3.63, 3.8) is 0 Å². The number of aryl methyl sites for hydroxylation is 3. The number of rotatable bonds is 0. The van der Waals surface area contributed by atoms with Gasteiger partial charge in [-0.2, -0.15) is 0 Å². The molecular weight excluding hydrogens is 308 g/mol. The molecular formula is C15H13BrOS. The van der Waals surface area contributed by atoms with Gasteiger partial charge in [0.25, 0.3) is 0 Å². The first-order valence-corrected chi connectivity index (χ1v) is 7.42. The molecule has 18 heavy (non-hydrogen) atoms. The van der Waals surface area contributed by atoms with Gasteiger partial charge in [0.05, 0.1) is 0 Å². The van der Waals surface area contributed by atoms with Crippen molar-refractivity contribution >= 4 is 47.4 Å². The Morgan fingerprint density at radius 3 is 2.39 bits per heavy atom. The molecule has 92 valence electrons. The Hall–Kier alpha value is -1.06. The Morgan fingerprint density at radius 2 is 1.67 bits per heavy atom. The van der Waals surface area contributed by atoms with E-state index in [2.05, 4.69) is 35.8 Å². The van der Waals surface area contributed by atoms with Crippen molar-refractivity contribution in [2.24, 2.45) is 0 Å².